The van der Waals surface area contributed by atoms with Gasteiger partial charge in [0.2, 0.25) is 5.91 Å². The topological polar surface area (TPSA) is 54.6 Å². The van der Waals surface area contributed by atoms with Crippen molar-refractivity contribution in [1.29, 1.82) is 0 Å². The Morgan fingerprint density at radius 2 is 2.37 bits per heavy atom. The molecule has 1 aromatic heterocycles. The Bertz CT molecular complexity index is 520. The summed E-state index contributed by atoms with van der Waals surface area (Å²) in [5.74, 6) is 2.30. The highest BCUT2D eigenvalue weighted by Gasteiger charge is 2.64. The molecule has 2 aliphatic rings. The first-order chi connectivity index (χ1) is 9.11. The van der Waals surface area contributed by atoms with Crippen LogP contribution in [0.3, 0.4) is 0 Å². The van der Waals surface area contributed by atoms with Crippen LogP contribution >= 0.6 is 0 Å². The lowest BCUT2D eigenvalue weighted by atomic mass is 9.90. The number of hydrogen-bond acceptors (Lipinski definition) is 3. The molecule has 3 atom stereocenters. The number of fused-ring (bicyclic) bond motifs is 1. The minimum absolute atomic E-state index is 0.0638. The van der Waals surface area contributed by atoms with Crippen LogP contribution in [0.15, 0.2) is 21.7 Å². The van der Waals surface area contributed by atoms with Crippen molar-refractivity contribution in [2.24, 2.45) is 22.4 Å². The lowest BCUT2D eigenvalue weighted by molar-refractivity contribution is -0.123. The van der Waals surface area contributed by atoms with E-state index < -0.39 is 0 Å². The van der Waals surface area contributed by atoms with Gasteiger partial charge in [-0.05, 0) is 43.2 Å². The molecule has 1 amide bonds. The van der Waals surface area contributed by atoms with Crippen molar-refractivity contribution in [3.63, 3.8) is 0 Å². The lowest BCUT2D eigenvalue weighted by Gasteiger charge is -2.15. The van der Waals surface area contributed by atoms with Crippen LogP contribution in [0, 0.1) is 24.2 Å². The molecule has 19 heavy (non-hydrogen) atoms. The van der Waals surface area contributed by atoms with Crippen LogP contribution in [-0.4, -0.2) is 12.1 Å². The Morgan fingerprint density at radius 1 is 1.53 bits per heavy atom. The molecule has 0 bridgehead atoms. The van der Waals surface area contributed by atoms with Gasteiger partial charge in [0.15, 0.2) is 0 Å². The van der Waals surface area contributed by atoms with Crippen LogP contribution in [0.2, 0.25) is 0 Å². The lowest BCUT2D eigenvalue weighted by Crippen LogP contribution is -2.22. The average Bonchev–Trinajstić information content (AvgIpc) is 2.81. The molecule has 0 radical (unpaired) electrons. The minimum Gasteiger partial charge on any atom is -0.460 e. The van der Waals surface area contributed by atoms with Crippen molar-refractivity contribution >= 4 is 12.1 Å². The number of carbonyl (C=O) groups is 1. The van der Waals surface area contributed by atoms with E-state index in [4.69, 9.17) is 4.42 Å². The molecule has 4 heteroatoms. The largest absolute Gasteiger partial charge is 0.460 e. The number of carbonyl (C=O) groups excluding carboxylic acids is 1. The SMILES string of the molecule is Cc1ccc(C=NNC(=O)[C@@H]2[C@H]3CCCC[C@]32C)o1. The Kier molecular flexibility index (Phi) is 2.96. The Labute approximate surface area is 113 Å². The molecule has 2 saturated carbocycles. The fourth-order valence-corrected chi connectivity index (χ4v) is 3.60. The van der Waals surface area contributed by atoms with Gasteiger partial charge < -0.3 is 4.42 Å². The summed E-state index contributed by atoms with van der Waals surface area (Å²) >= 11 is 0. The summed E-state index contributed by atoms with van der Waals surface area (Å²) in [5, 5.41) is 3.99. The van der Waals surface area contributed by atoms with Crippen molar-refractivity contribution in [1.82, 2.24) is 5.43 Å². The number of aryl methyl sites for hydroxylation is 1. The van der Waals surface area contributed by atoms with Crippen molar-refractivity contribution in [3.05, 3.63) is 23.7 Å². The van der Waals surface area contributed by atoms with Gasteiger partial charge in [-0.25, -0.2) is 5.43 Å². The summed E-state index contributed by atoms with van der Waals surface area (Å²) in [6.45, 7) is 4.12. The summed E-state index contributed by atoms with van der Waals surface area (Å²) in [4.78, 5) is 12.1. The second kappa shape index (κ2) is 4.51. The molecule has 2 fully saturated rings. The van der Waals surface area contributed by atoms with Crippen molar-refractivity contribution < 1.29 is 9.21 Å². The van der Waals surface area contributed by atoms with Crippen LogP contribution in [0.25, 0.3) is 0 Å². The van der Waals surface area contributed by atoms with Gasteiger partial charge in [0.05, 0.1) is 6.21 Å². The van der Waals surface area contributed by atoms with Crippen LogP contribution in [-0.2, 0) is 4.79 Å². The number of nitrogens with zero attached hydrogens (tertiary/aromatic N) is 1. The summed E-state index contributed by atoms with van der Waals surface area (Å²) in [6, 6.07) is 3.71. The van der Waals surface area contributed by atoms with Crippen LogP contribution in [0.5, 0.6) is 0 Å². The van der Waals surface area contributed by atoms with Gasteiger partial charge in [0.1, 0.15) is 11.5 Å². The summed E-state index contributed by atoms with van der Waals surface area (Å²) in [5.41, 5.74) is 2.89. The Morgan fingerprint density at radius 3 is 3.00 bits per heavy atom. The average molecular weight is 260 g/mol. The molecular formula is C15H20N2O2. The first-order valence-electron chi connectivity index (χ1n) is 7.00. The van der Waals surface area contributed by atoms with Gasteiger partial charge in [-0.1, -0.05) is 19.8 Å². The summed E-state index contributed by atoms with van der Waals surface area (Å²) < 4.78 is 5.36. The predicted molar refractivity (Wildman–Crippen MR) is 72.7 cm³/mol. The number of amides is 1. The maximum atomic E-state index is 12.1. The molecule has 102 valence electrons. The molecule has 0 spiro atoms. The zero-order valence-corrected chi connectivity index (χ0v) is 11.5. The molecule has 0 saturated heterocycles. The Hall–Kier alpha value is -1.58. The second-order valence-corrected chi connectivity index (χ2v) is 6.02. The molecule has 0 unspecified atom stereocenters. The third kappa shape index (κ3) is 2.20. The molecular weight excluding hydrogens is 240 g/mol. The minimum atomic E-state index is 0.0638. The van der Waals surface area contributed by atoms with Gasteiger partial charge in [-0.3, -0.25) is 4.79 Å². The number of hydrazone groups is 1. The fraction of sp³-hybridized carbons (Fsp3) is 0.600. The smallest absolute Gasteiger partial charge is 0.244 e. The number of rotatable bonds is 3. The first-order valence-corrected chi connectivity index (χ1v) is 7.00. The molecule has 2 aliphatic carbocycles. The van der Waals surface area contributed by atoms with Crippen molar-refractivity contribution in [3.8, 4) is 0 Å². The molecule has 0 aromatic carbocycles. The van der Waals surface area contributed by atoms with E-state index in [9.17, 15) is 4.79 Å². The molecule has 3 rings (SSSR count). The van der Waals surface area contributed by atoms with Gasteiger partial charge >= 0.3 is 0 Å². The highest BCUT2D eigenvalue weighted by atomic mass is 16.3. The third-order valence-electron chi connectivity index (χ3n) is 4.74. The summed E-state index contributed by atoms with van der Waals surface area (Å²) in [7, 11) is 0. The normalized spacial score (nSPS) is 33.2. The zero-order chi connectivity index (χ0) is 13.5. The summed E-state index contributed by atoms with van der Waals surface area (Å²) in [6.07, 6.45) is 6.44. The predicted octanol–water partition coefficient (Wildman–Crippen LogP) is 2.86. The van der Waals surface area contributed by atoms with E-state index in [-0.39, 0.29) is 17.2 Å². The van der Waals surface area contributed by atoms with Crippen LogP contribution in [0.4, 0.5) is 0 Å². The standard InChI is InChI=1S/C15H20N2O2/c1-10-6-7-11(19-10)9-16-17-14(18)13-12-5-3-4-8-15(12,13)2/h6-7,9,12-13H,3-5,8H2,1-2H3,(H,17,18)/t12-,13+,15-/m1/s1. The van der Waals surface area contributed by atoms with E-state index in [1.807, 2.05) is 19.1 Å². The maximum Gasteiger partial charge on any atom is 0.244 e. The fourth-order valence-electron chi connectivity index (χ4n) is 3.60. The molecule has 4 nitrogen and oxygen atoms in total. The van der Waals surface area contributed by atoms with Crippen molar-refractivity contribution in [2.45, 2.75) is 39.5 Å². The number of nitrogens with one attached hydrogen (secondary N) is 1. The van der Waals surface area contributed by atoms with Crippen molar-refractivity contribution in [2.75, 3.05) is 0 Å². The highest BCUT2D eigenvalue weighted by Crippen LogP contribution is 2.66. The molecule has 1 aromatic rings. The number of hydrogen-bond donors (Lipinski definition) is 1. The van der Waals surface area contributed by atoms with E-state index >= 15 is 0 Å². The van der Waals surface area contributed by atoms with E-state index in [1.54, 1.807) is 6.21 Å². The zero-order valence-electron chi connectivity index (χ0n) is 11.5. The van der Waals surface area contributed by atoms with E-state index in [0.717, 1.165) is 5.76 Å². The van der Waals surface area contributed by atoms with E-state index in [1.165, 1.54) is 25.7 Å². The van der Waals surface area contributed by atoms with Gasteiger partial charge in [-0.2, -0.15) is 5.10 Å². The monoisotopic (exact) mass is 260 g/mol. The Balaban J connectivity index is 1.56. The van der Waals surface area contributed by atoms with Gasteiger partial charge in [0.25, 0.3) is 0 Å². The van der Waals surface area contributed by atoms with Crippen LogP contribution in [0.1, 0.15) is 44.1 Å². The van der Waals surface area contributed by atoms with Gasteiger partial charge in [0, 0.05) is 5.92 Å². The van der Waals surface area contributed by atoms with E-state index in [2.05, 4.69) is 17.5 Å². The molecule has 0 aliphatic heterocycles. The quantitative estimate of drug-likeness (QED) is 0.671. The first kappa shape index (κ1) is 12.5. The second-order valence-electron chi connectivity index (χ2n) is 6.02. The third-order valence-corrected chi connectivity index (χ3v) is 4.74. The maximum absolute atomic E-state index is 12.1. The van der Waals surface area contributed by atoms with E-state index in [0.29, 0.717) is 11.7 Å². The molecule has 1 N–H and O–H groups in total. The van der Waals surface area contributed by atoms with Crippen LogP contribution < -0.4 is 5.43 Å². The van der Waals surface area contributed by atoms with Gasteiger partial charge in [-0.15, -0.1) is 0 Å². The number of furan rings is 1. The highest BCUT2D eigenvalue weighted by molar-refractivity contribution is 5.85. The molecule has 1 heterocycles.